The number of unbranched alkanes of at least 4 members (excludes halogenated alkanes) is 1. The first kappa shape index (κ1) is 32.0. The quantitative estimate of drug-likeness (QED) is 0.111. The van der Waals surface area contributed by atoms with Crippen molar-refractivity contribution in [2.45, 2.75) is 84.5 Å². The number of nitrogens with zero attached hydrogens (tertiary/aromatic N) is 4. The number of ether oxygens (including phenoxy) is 1. The summed E-state index contributed by atoms with van der Waals surface area (Å²) in [7, 11) is 0. The molecule has 7 rings (SSSR count). The van der Waals surface area contributed by atoms with E-state index in [0.717, 1.165) is 52.8 Å². The van der Waals surface area contributed by atoms with E-state index in [9.17, 15) is 0 Å². The van der Waals surface area contributed by atoms with Gasteiger partial charge in [0.15, 0.2) is 0 Å². The average molecular weight is 643 g/mol. The first-order valence-corrected chi connectivity index (χ1v) is 17.4. The van der Waals surface area contributed by atoms with Gasteiger partial charge >= 0.3 is 0 Å². The van der Waals surface area contributed by atoms with Gasteiger partial charge in [-0.3, -0.25) is 0 Å². The molecule has 1 saturated carbocycles. The van der Waals surface area contributed by atoms with E-state index in [4.69, 9.17) is 13.6 Å². The number of fused-ring (bicyclic) bond motifs is 2. The van der Waals surface area contributed by atoms with Crippen molar-refractivity contribution < 1.29 is 13.6 Å². The Morgan fingerprint density at radius 3 is 1.71 bits per heavy atom. The minimum atomic E-state index is 0.0658. The molecule has 1 fully saturated rings. The third-order valence-electron chi connectivity index (χ3n) is 9.95. The molecule has 0 spiro atoms. The smallest absolute Gasteiger partial charge is 0.251 e. The predicted molar refractivity (Wildman–Crippen MR) is 189 cm³/mol. The lowest BCUT2D eigenvalue weighted by Crippen LogP contribution is -2.10. The van der Waals surface area contributed by atoms with Gasteiger partial charge in [-0.25, -0.2) is 0 Å². The Morgan fingerprint density at radius 2 is 1.17 bits per heavy atom. The summed E-state index contributed by atoms with van der Waals surface area (Å²) >= 11 is 0. The van der Waals surface area contributed by atoms with E-state index in [-0.39, 0.29) is 10.8 Å². The highest BCUT2D eigenvalue weighted by Gasteiger charge is 2.34. The van der Waals surface area contributed by atoms with Gasteiger partial charge in [0.1, 0.15) is 5.75 Å². The van der Waals surface area contributed by atoms with Crippen molar-refractivity contribution >= 4 is 0 Å². The second-order valence-electron chi connectivity index (χ2n) is 15.6. The summed E-state index contributed by atoms with van der Waals surface area (Å²) in [6, 6.07) is 22.4. The molecule has 5 aromatic rings. The number of rotatable bonds is 10. The number of hydrogen-bond acceptors (Lipinski definition) is 7. The molecule has 0 radical (unpaired) electrons. The van der Waals surface area contributed by atoms with Crippen LogP contribution in [0.25, 0.3) is 45.8 Å². The molecule has 7 heteroatoms. The van der Waals surface area contributed by atoms with Crippen molar-refractivity contribution in [2.75, 3.05) is 6.61 Å². The first-order chi connectivity index (χ1) is 23.0. The van der Waals surface area contributed by atoms with E-state index in [1.165, 1.54) is 30.4 Å². The maximum atomic E-state index is 6.45. The molecule has 3 unspecified atom stereocenters. The summed E-state index contributed by atoms with van der Waals surface area (Å²) < 4.78 is 18.8. The van der Waals surface area contributed by atoms with Crippen molar-refractivity contribution in [1.82, 2.24) is 20.4 Å². The number of allylic oxidation sites excluding steroid dienone is 2. The Hall–Kier alpha value is -4.52. The Bertz CT molecular complexity index is 1890. The molecule has 2 aliphatic carbocycles. The fourth-order valence-electron chi connectivity index (χ4n) is 7.00. The fourth-order valence-corrected chi connectivity index (χ4v) is 7.00. The van der Waals surface area contributed by atoms with Crippen LogP contribution in [-0.4, -0.2) is 27.0 Å². The lowest BCUT2D eigenvalue weighted by atomic mass is 9.87. The summed E-state index contributed by atoms with van der Waals surface area (Å²) in [5.74, 6) is 4.86. The van der Waals surface area contributed by atoms with Gasteiger partial charge in [-0.05, 0) is 114 Å². The van der Waals surface area contributed by atoms with Crippen LogP contribution in [0.1, 0.15) is 84.8 Å². The van der Waals surface area contributed by atoms with Crippen LogP contribution in [0.2, 0.25) is 0 Å². The molecular weight excluding hydrogens is 596 g/mol. The predicted octanol–water partition coefficient (Wildman–Crippen LogP) is 10.5. The molecule has 2 heterocycles. The summed E-state index contributed by atoms with van der Waals surface area (Å²) in [5.41, 5.74) is 5.91. The average Bonchev–Trinajstić information content (AvgIpc) is 3.90. The third-order valence-corrected chi connectivity index (χ3v) is 9.95. The normalized spacial score (nSPS) is 18.9. The molecule has 0 N–H and O–H groups in total. The van der Waals surface area contributed by atoms with Gasteiger partial charge < -0.3 is 13.6 Å². The molecule has 0 amide bonds. The van der Waals surface area contributed by atoms with Crippen LogP contribution >= 0.6 is 0 Å². The number of aromatic nitrogens is 4. The fraction of sp³-hybridized carbons (Fsp3) is 0.415. The van der Waals surface area contributed by atoms with E-state index in [1.54, 1.807) is 0 Å². The van der Waals surface area contributed by atoms with Crippen LogP contribution in [0.3, 0.4) is 0 Å². The minimum Gasteiger partial charge on any atom is -0.493 e. The van der Waals surface area contributed by atoms with E-state index in [1.807, 2.05) is 42.5 Å². The monoisotopic (exact) mass is 642 g/mol. The third kappa shape index (κ3) is 6.87. The lowest BCUT2D eigenvalue weighted by Gasteiger charge is -2.18. The van der Waals surface area contributed by atoms with Crippen LogP contribution in [0, 0.1) is 17.8 Å². The van der Waals surface area contributed by atoms with Crippen LogP contribution < -0.4 is 4.74 Å². The maximum Gasteiger partial charge on any atom is 0.251 e. The molecule has 2 bridgehead atoms. The van der Waals surface area contributed by atoms with Crippen molar-refractivity contribution in [3.05, 3.63) is 90.0 Å². The second kappa shape index (κ2) is 12.8. The summed E-state index contributed by atoms with van der Waals surface area (Å²) in [6.07, 6.45) is 10.9. The first-order valence-electron chi connectivity index (χ1n) is 17.4. The van der Waals surface area contributed by atoms with Gasteiger partial charge in [0, 0.05) is 16.7 Å². The topological polar surface area (TPSA) is 87.1 Å². The van der Waals surface area contributed by atoms with E-state index >= 15 is 0 Å². The van der Waals surface area contributed by atoms with Gasteiger partial charge in [-0.1, -0.05) is 78.0 Å². The van der Waals surface area contributed by atoms with Gasteiger partial charge in [0.05, 0.1) is 12.2 Å². The molecule has 3 atom stereocenters. The van der Waals surface area contributed by atoms with Crippen LogP contribution in [0.15, 0.2) is 87.7 Å². The Labute approximate surface area is 283 Å². The molecule has 2 aliphatic rings. The largest absolute Gasteiger partial charge is 0.493 e. The molecule has 7 nitrogen and oxygen atoms in total. The highest BCUT2D eigenvalue weighted by Crippen LogP contribution is 2.45. The molecule has 2 aromatic heterocycles. The van der Waals surface area contributed by atoms with E-state index < -0.39 is 0 Å². The highest BCUT2D eigenvalue weighted by atomic mass is 16.5. The molecule has 0 saturated heterocycles. The van der Waals surface area contributed by atoms with Crippen molar-refractivity contribution in [1.29, 1.82) is 0 Å². The van der Waals surface area contributed by atoms with Gasteiger partial charge in [-0.15, -0.1) is 20.4 Å². The van der Waals surface area contributed by atoms with Crippen LogP contribution in [0.5, 0.6) is 5.75 Å². The summed E-state index contributed by atoms with van der Waals surface area (Å²) in [4.78, 5) is 0. The van der Waals surface area contributed by atoms with Crippen molar-refractivity contribution in [3.8, 4) is 51.6 Å². The molecule has 0 aliphatic heterocycles. The van der Waals surface area contributed by atoms with Crippen LogP contribution in [0.4, 0.5) is 0 Å². The van der Waals surface area contributed by atoms with Crippen molar-refractivity contribution in [2.24, 2.45) is 17.8 Å². The van der Waals surface area contributed by atoms with Gasteiger partial charge in [0.2, 0.25) is 17.7 Å². The standard InChI is InChI=1S/C41H46N4O3/c1-40(2,3)32-17-12-27(13-18-32)36-42-44-38(47-36)31-16-21-34(35(25-31)46-22-8-7-9-29-23-26-10-11-30(29)24-26)39-45-43-37(48-39)28-14-19-33(20-15-28)41(4,5)6/h10-21,25-26,29-30H,7-9,22-24H2,1-6H3. The van der Waals surface area contributed by atoms with Crippen molar-refractivity contribution in [3.63, 3.8) is 0 Å². The van der Waals surface area contributed by atoms with Crippen LogP contribution in [-0.2, 0) is 10.8 Å². The van der Waals surface area contributed by atoms with E-state index in [2.05, 4.69) is 98.4 Å². The molecule has 248 valence electrons. The zero-order chi connectivity index (χ0) is 33.5. The molecule has 48 heavy (non-hydrogen) atoms. The lowest BCUT2D eigenvalue weighted by molar-refractivity contribution is 0.294. The molecular formula is C41H46N4O3. The Morgan fingerprint density at radius 1 is 0.625 bits per heavy atom. The Balaban J connectivity index is 1.11. The van der Waals surface area contributed by atoms with E-state index in [0.29, 0.717) is 35.9 Å². The Kier molecular flexibility index (Phi) is 8.57. The summed E-state index contributed by atoms with van der Waals surface area (Å²) in [5, 5.41) is 17.6. The van der Waals surface area contributed by atoms with Gasteiger partial charge in [0.25, 0.3) is 5.89 Å². The van der Waals surface area contributed by atoms with Gasteiger partial charge in [-0.2, -0.15) is 0 Å². The second-order valence-corrected chi connectivity index (χ2v) is 15.6. The number of hydrogen-bond donors (Lipinski definition) is 0. The minimum absolute atomic E-state index is 0.0658. The zero-order valence-electron chi connectivity index (χ0n) is 29.0. The SMILES string of the molecule is CC(C)(C)c1ccc(-c2nnc(-c3ccc(-c4nnc(-c5ccc(C(C)(C)C)cc5)o4)c(OCCCCC4CC5C=CC4C5)c3)o2)cc1. The zero-order valence-corrected chi connectivity index (χ0v) is 29.0. The molecule has 3 aromatic carbocycles. The highest BCUT2D eigenvalue weighted by molar-refractivity contribution is 5.70. The maximum absolute atomic E-state index is 6.45. The summed E-state index contributed by atoms with van der Waals surface area (Å²) in [6.45, 7) is 13.8. The number of benzene rings is 3.